The van der Waals surface area contributed by atoms with E-state index < -0.39 is 223 Å². The lowest BCUT2D eigenvalue weighted by Crippen LogP contribution is -2.60. The van der Waals surface area contributed by atoms with Crippen LogP contribution in [0.25, 0.3) is 0 Å². The molecule has 9 amide bonds. The van der Waals surface area contributed by atoms with Crippen molar-refractivity contribution in [2.24, 2.45) is 35.1 Å². The van der Waals surface area contributed by atoms with Crippen molar-refractivity contribution in [1.82, 2.24) is 42.1 Å². The predicted molar refractivity (Wildman–Crippen MR) is 375 cm³/mol. The molecule has 35 heteroatoms. The standard InChI is InChI=1S/C64H86N10O19S6/c1-32(19-35-6-10-40(76)11-7-35)20-52(81)45-29-97-99-30-46-62(91)72-47-31-98-96-28-42(65)51(80)24-39(59(88)69-43(14-17-56(85)86)53(82)22-37(58(87)71-46)21-36-8-12-41(77)13-9-36)27-95-94-26-38(60(89)73-57(34(3)75)49(78)15-16-55(84)68-45)23-50(79)33(2)67-63(92)48-5-4-18-74(48)64(93)44(25-54(66)83)70-61(47)90/h6-13,32-34,37-39,42-48,57,75-77H,4-5,14-31,65H2,1-3H3,(H2,66,83)(H,67,92)(H,68,84)(H,69,88)(H,70,90)(H,71,87)(H,72,91)(H,73,89)(H,85,86)/t32-,33+,34?,37-,38+,39+,42+,43+,44+,45-,46-,47+,48?,57+/m1/s1. The van der Waals surface area contributed by atoms with E-state index in [-0.39, 0.29) is 78.4 Å². The van der Waals surface area contributed by atoms with Gasteiger partial charge >= 0.3 is 5.97 Å². The third kappa shape index (κ3) is 26.2. The molecule has 0 saturated carbocycles. The third-order valence-corrected chi connectivity index (χ3v) is 24.3. The number of carbonyl (C=O) groups is 15. The van der Waals surface area contributed by atoms with E-state index in [0.717, 1.165) is 75.2 Å². The van der Waals surface area contributed by atoms with Gasteiger partial charge in [-0.15, -0.1) is 0 Å². The number of nitrogens with zero attached hydrogens (tertiary/aromatic N) is 1. The number of aliphatic hydroxyl groups excluding tert-OH is 1. The number of primary amides is 1. The van der Waals surface area contributed by atoms with Crippen molar-refractivity contribution in [3.05, 3.63) is 59.7 Å². The van der Waals surface area contributed by atoms with E-state index in [1.807, 2.05) is 0 Å². The quantitative estimate of drug-likeness (QED) is 0.122. The zero-order valence-corrected chi connectivity index (χ0v) is 59.7. The molecule has 542 valence electrons. The second-order valence-corrected chi connectivity index (χ2v) is 32.7. The fourth-order valence-corrected chi connectivity index (χ4v) is 18.5. The summed E-state index contributed by atoms with van der Waals surface area (Å²) in [4.78, 5) is 215. The number of phenolic OH excluding ortho intramolecular Hbond substituents is 2. The molecule has 0 spiro atoms. The largest absolute Gasteiger partial charge is 0.508 e. The number of phenols is 2. The van der Waals surface area contributed by atoms with E-state index in [9.17, 15) is 82.8 Å². The summed E-state index contributed by atoms with van der Waals surface area (Å²) < 4.78 is 0. The number of Topliss-reactive ketones (excluding diaryl/α,β-unsaturated/α-hetero) is 5. The maximum atomic E-state index is 15.2. The molecule has 2 aromatic rings. The van der Waals surface area contributed by atoms with Crippen molar-refractivity contribution in [2.45, 2.75) is 165 Å². The third-order valence-electron chi connectivity index (χ3n) is 16.9. The average molecular weight is 1490 g/mol. The molecule has 4 saturated heterocycles. The van der Waals surface area contributed by atoms with Gasteiger partial charge in [0.2, 0.25) is 53.2 Å². The first kappa shape index (κ1) is 81.1. The molecule has 4 aliphatic heterocycles. The summed E-state index contributed by atoms with van der Waals surface area (Å²) in [6.45, 7) is 4.25. The normalized spacial score (nSPS) is 28.1. The summed E-state index contributed by atoms with van der Waals surface area (Å²) in [6, 6.07) is -1.79. The van der Waals surface area contributed by atoms with Gasteiger partial charge in [0, 0.05) is 91.9 Å². The van der Waals surface area contributed by atoms with Crippen LogP contribution in [-0.2, 0) is 84.8 Å². The highest BCUT2D eigenvalue weighted by Crippen LogP contribution is 2.32. The number of carboxylic acids is 1. The van der Waals surface area contributed by atoms with Crippen LogP contribution in [0.2, 0.25) is 0 Å². The van der Waals surface area contributed by atoms with Gasteiger partial charge in [-0.25, -0.2) is 0 Å². The number of hydrogen-bond acceptors (Lipinski definition) is 25. The van der Waals surface area contributed by atoms with Crippen LogP contribution in [0.3, 0.4) is 0 Å². The Morgan fingerprint density at radius 2 is 1.14 bits per heavy atom. The number of ketones is 5. The average Bonchev–Trinajstić information content (AvgIpc) is 1.80. The van der Waals surface area contributed by atoms with Crippen molar-refractivity contribution in [2.75, 3.05) is 41.1 Å². The van der Waals surface area contributed by atoms with E-state index in [0.29, 0.717) is 12.0 Å². The molecule has 4 aliphatic rings. The number of aliphatic carboxylic acids is 1. The minimum absolute atomic E-state index is 0.0263. The van der Waals surface area contributed by atoms with Crippen molar-refractivity contribution >= 4 is 153 Å². The number of amides is 9. The van der Waals surface area contributed by atoms with Crippen LogP contribution < -0.4 is 48.7 Å². The van der Waals surface area contributed by atoms with Crippen LogP contribution in [0.5, 0.6) is 11.5 Å². The van der Waals surface area contributed by atoms with Gasteiger partial charge in [-0.2, -0.15) is 0 Å². The summed E-state index contributed by atoms with van der Waals surface area (Å²) in [7, 11) is 5.66. The number of aromatic hydroxyl groups is 2. The van der Waals surface area contributed by atoms with Gasteiger partial charge in [-0.1, -0.05) is 96.0 Å². The maximum Gasteiger partial charge on any atom is 0.303 e. The highest BCUT2D eigenvalue weighted by Gasteiger charge is 2.42. The molecule has 6 rings (SSSR count). The fraction of sp³-hybridized carbons (Fsp3) is 0.578. The molecule has 14 atom stereocenters. The number of hydrogen-bond donors (Lipinski definition) is 13. The van der Waals surface area contributed by atoms with Gasteiger partial charge in [0.25, 0.3) is 0 Å². The van der Waals surface area contributed by atoms with E-state index >= 15 is 9.59 Å². The molecule has 0 radical (unpaired) electrons. The Balaban J connectivity index is 1.54. The highest BCUT2D eigenvalue weighted by atomic mass is 33.1. The van der Waals surface area contributed by atoms with Gasteiger partial charge in [-0.05, 0) is 87.3 Å². The Kier molecular flexibility index (Phi) is 32.7. The van der Waals surface area contributed by atoms with Crippen LogP contribution >= 0.6 is 64.8 Å². The van der Waals surface area contributed by atoms with Gasteiger partial charge < -0.3 is 74.0 Å². The molecule has 4 bridgehead atoms. The smallest absolute Gasteiger partial charge is 0.303 e. The molecule has 4 fully saturated rings. The van der Waals surface area contributed by atoms with Crippen LogP contribution in [-0.4, -0.2) is 215 Å². The number of carboxylic acid groups (broad SMARTS) is 1. The molecule has 2 unspecified atom stereocenters. The Morgan fingerprint density at radius 1 is 0.596 bits per heavy atom. The van der Waals surface area contributed by atoms with Crippen LogP contribution in [0.15, 0.2) is 48.5 Å². The van der Waals surface area contributed by atoms with Crippen LogP contribution in [0, 0.1) is 23.7 Å². The molecular formula is C64H86N10O19S6. The van der Waals surface area contributed by atoms with E-state index in [4.69, 9.17) is 11.5 Å². The first-order valence-corrected chi connectivity index (χ1v) is 39.7. The molecule has 2 aromatic carbocycles. The molecule has 99 heavy (non-hydrogen) atoms. The van der Waals surface area contributed by atoms with Crippen molar-refractivity contribution in [3.63, 3.8) is 0 Å². The first-order valence-electron chi connectivity index (χ1n) is 32.2. The van der Waals surface area contributed by atoms with Crippen LogP contribution in [0.4, 0.5) is 0 Å². The summed E-state index contributed by atoms with van der Waals surface area (Å²) in [5.74, 6) is -19.9. The Bertz CT molecular complexity index is 3280. The number of nitrogens with one attached hydrogen (secondary N) is 7. The van der Waals surface area contributed by atoms with Crippen molar-refractivity contribution < 1.29 is 92.3 Å². The molecule has 0 aliphatic carbocycles. The highest BCUT2D eigenvalue weighted by molar-refractivity contribution is 8.77. The number of rotatable bonds is 13. The number of benzene rings is 2. The van der Waals surface area contributed by atoms with Gasteiger partial charge in [0.1, 0.15) is 41.7 Å². The minimum Gasteiger partial charge on any atom is -0.508 e. The van der Waals surface area contributed by atoms with Crippen molar-refractivity contribution in [1.29, 1.82) is 0 Å². The molecule has 29 nitrogen and oxygen atoms in total. The fourth-order valence-electron chi connectivity index (χ4n) is 11.2. The molecule has 15 N–H and O–H groups in total. The van der Waals surface area contributed by atoms with Crippen molar-refractivity contribution in [3.8, 4) is 11.5 Å². The van der Waals surface area contributed by atoms with Gasteiger partial charge in [0.15, 0.2) is 28.9 Å². The predicted octanol–water partition coefficient (Wildman–Crippen LogP) is 0.592. The van der Waals surface area contributed by atoms with E-state index in [1.165, 1.54) is 50.2 Å². The Morgan fingerprint density at radius 3 is 1.75 bits per heavy atom. The summed E-state index contributed by atoms with van der Waals surface area (Å²) in [6.07, 6.45) is -6.42. The van der Waals surface area contributed by atoms with Gasteiger partial charge in [-0.3, -0.25) is 71.9 Å². The Hall–Kier alpha value is -6.89. The number of fused-ring (bicyclic) bond motifs is 20. The zero-order chi connectivity index (χ0) is 72.6. The number of aliphatic hydroxyl groups is 1. The van der Waals surface area contributed by atoms with Gasteiger partial charge in [0.05, 0.1) is 48.5 Å². The second-order valence-electron chi connectivity index (χ2n) is 25.0. The lowest BCUT2D eigenvalue weighted by Gasteiger charge is -2.30. The molecule has 0 aromatic heterocycles. The molecular weight excluding hydrogens is 1410 g/mol. The summed E-state index contributed by atoms with van der Waals surface area (Å²) in [5.41, 5.74) is 13.3. The lowest BCUT2D eigenvalue weighted by molar-refractivity contribution is -0.143. The number of nitrogens with two attached hydrogens (primary N) is 2. The summed E-state index contributed by atoms with van der Waals surface area (Å²) >= 11 is 0. The molecule has 4 heterocycles. The van der Waals surface area contributed by atoms with Crippen LogP contribution in [0.1, 0.15) is 103 Å². The lowest BCUT2D eigenvalue weighted by atomic mass is 9.89. The first-order chi connectivity index (χ1) is 47.0. The maximum absolute atomic E-state index is 15.2. The minimum atomic E-state index is -1.78. The topological polar surface area (TPSA) is 476 Å². The number of carbonyl (C=O) groups excluding carboxylic acids is 14. The summed E-state index contributed by atoms with van der Waals surface area (Å²) in [5, 5.41) is 59.4. The monoisotopic (exact) mass is 1490 g/mol. The zero-order valence-electron chi connectivity index (χ0n) is 54.8. The Labute approximate surface area is 595 Å². The second kappa shape index (κ2) is 39.9. The van der Waals surface area contributed by atoms with E-state index in [1.54, 1.807) is 19.1 Å². The SMILES string of the molecule is CC(O)[C@@H]1NC(=O)[C@@H]2CSSC[C@@H]3CC(=O)[C@@H](N)CSSC[C@H](NC(=O)[C@@H](CSSC[C@H](C(=O)C[C@H](C)Cc4ccc(O)cc4)NC(=O)CCC1=O)NC(=O)[C@H](Cc1ccc(O)cc1)CC(=O)[C@H](CCC(=O)O)NC3=O)C(=O)N[C@@H](CC(N)=O)C(=O)N1CCCC1C(=O)N[C@@H](C)C(=O)C2. The van der Waals surface area contributed by atoms with E-state index in [2.05, 4.69) is 37.2 Å².